The molecular weight excluding hydrogens is 523 g/mol. The van der Waals surface area contributed by atoms with Crippen molar-refractivity contribution >= 4 is 47.2 Å². The van der Waals surface area contributed by atoms with Crippen LogP contribution in [0.25, 0.3) is 0 Å². The number of hydrogen-bond acceptors (Lipinski definition) is 4. The predicted molar refractivity (Wildman–Crippen MR) is 139 cm³/mol. The van der Waals surface area contributed by atoms with E-state index >= 15 is 0 Å². The molecule has 8 heteroatoms. The van der Waals surface area contributed by atoms with Gasteiger partial charge in [-0.15, -0.1) is 35.3 Å². The summed E-state index contributed by atoms with van der Waals surface area (Å²) in [6.07, 6.45) is 3.22. The molecular formula is C23H33IN4O2S. The molecule has 0 aliphatic heterocycles. The normalized spacial score (nSPS) is 14.3. The van der Waals surface area contributed by atoms with Crippen molar-refractivity contribution in [3.8, 4) is 5.75 Å². The molecule has 1 amide bonds. The third kappa shape index (κ3) is 9.90. The predicted octanol–water partition coefficient (Wildman–Crippen LogP) is 3.96. The lowest BCUT2D eigenvalue weighted by molar-refractivity contribution is -0.123. The first kappa shape index (κ1) is 25.5. The summed E-state index contributed by atoms with van der Waals surface area (Å²) in [6, 6.07) is 12.4. The molecule has 3 N–H and O–H groups in total. The monoisotopic (exact) mass is 556 g/mol. The van der Waals surface area contributed by atoms with Crippen LogP contribution in [0.15, 0.2) is 46.8 Å². The van der Waals surface area contributed by atoms with E-state index in [1.54, 1.807) is 11.3 Å². The van der Waals surface area contributed by atoms with Crippen molar-refractivity contribution < 1.29 is 9.53 Å². The second kappa shape index (κ2) is 13.6. The Hall–Kier alpha value is -1.81. The number of nitrogens with one attached hydrogen (secondary N) is 3. The Morgan fingerprint density at radius 2 is 2.10 bits per heavy atom. The van der Waals surface area contributed by atoms with E-state index in [1.165, 1.54) is 4.88 Å². The molecule has 1 heterocycles. The number of hydrogen-bond donors (Lipinski definition) is 3. The van der Waals surface area contributed by atoms with E-state index in [4.69, 9.17) is 9.73 Å². The molecule has 1 fully saturated rings. The SMILES string of the molecule is CCNC(=NCc1cccc(OCC(=O)NC2CC2)c1)NCC(C)Cc1cccs1.I. The number of carbonyl (C=O) groups is 1. The Bertz CT molecular complexity index is 825. The van der Waals surface area contributed by atoms with Crippen LogP contribution in [0.2, 0.25) is 0 Å². The van der Waals surface area contributed by atoms with Crippen LogP contribution in [-0.2, 0) is 17.8 Å². The summed E-state index contributed by atoms with van der Waals surface area (Å²) in [7, 11) is 0. The molecule has 1 saturated carbocycles. The highest BCUT2D eigenvalue weighted by Crippen LogP contribution is 2.19. The Balaban J connectivity index is 0.00000341. The first-order valence-corrected chi connectivity index (χ1v) is 11.6. The van der Waals surface area contributed by atoms with Gasteiger partial charge in [0.15, 0.2) is 12.6 Å². The van der Waals surface area contributed by atoms with Gasteiger partial charge in [0.2, 0.25) is 0 Å². The van der Waals surface area contributed by atoms with Gasteiger partial charge in [-0.2, -0.15) is 0 Å². The molecule has 6 nitrogen and oxygen atoms in total. The highest BCUT2D eigenvalue weighted by molar-refractivity contribution is 14.0. The maximum Gasteiger partial charge on any atom is 0.258 e. The lowest BCUT2D eigenvalue weighted by Gasteiger charge is -2.15. The summed E-state index contributed by atoms with van der Waals surface area (Å²) in [5.74, 6) is 1.96. The van der Waals surface area contributed by atoms with Gasteiger partial charge in [0.05, 0.1) is 6.54 Å². The lowest BCUT2D eigenvalue weighted by Crippen LogP contribution is -2.39. The molecule has 1 unspecified atom stereocenters. The standard InChI is InChI=1S/C23H32N4O2S.HI/c1-3-24-23(25-14-17(2)12-21-8-5-11-30-21)26-15-18-6-4-7-20(13-18)29-16-22(28)27-19-9-10-19;/h4-8,11,13,17,19H,3,9-10,12,14-16H2,1-2H3,(H,27,28)(H2,24,25,26);1H. The van der Waals surface area contributed by atoms with Crippen molar-refractivity contribution in [2.75, 3.05) is 19.7 Å². The Kier molecular flexibility index (Phi) is 11.1. The molecule has 31 heavy (non-hydrogen) atoms. The summed E-state index contributed by atoms with van der Waals surface area (Å²) in [6.45, 7) is 6.58. The van der Waals surface area contributed by atoms with Crippen LogP contribution in [0.5, 0.6) is 5.75 Å². The maximum atomic E-state index is 11.8. The molecule has 0 radical (unpaired) electrons. The van der Waals surface area contributed by atoms with E-state index in [-0.39, 0.29) is 36.5 Å². The summed E-state index contributed by atoms with van der Waals surface area (Å²) in [4.78, 5) is 17.9. The maximum absolute atomic E-state index is 11.8. The fourth-order valence-electron chi connectivity index (χ4n) is 3.01. The molecule has 0 bridgehead atoms. The Labute approximate surface area is 206 Å². The molecule has 2 aromatic rings. The number of amides is 1. The van der Waals surface area contributed by atoms with Crippen molar-refractivity contribution in [1.82, 2.24) is 16.0 Å². The molecule has 1 aromatic heterocycles. The molecule has 1 aliphatic carbocycles. The number of benzene rings is 1. The fourth-order valence-corrected chi connectivity index (χ4v) is 3.88. The Morgan fingerprint density at radius 1 is 1.26 bits per heavy atom. The van der Waals surface area contributed by atoms with Crippen molar-refractivity contribution in [3.05, 3.63) is 52.2 Å². The highest BCUT2D eigenvalue weighted by Gasteiger charge is 2.23. The second-order valence-electron chi connectivity index (χ2n) is 7.74. The average molecular weight is 557 g/mol. The molecule has 3 rings (SSSR count). The van der Waals surface area contributed by atoms with Crippen LogP contribution in [0.4, 0.5) is 0 Å². The smallest absolute Gasteiger partial charge is 0.258 e. The van der Waals surface area contributed by atoms with Crippen LogP contribution in [0.1, 0.15) is 37.1 Å². The van der Waals surface area contributed by atoms with Crippen molar-refractivity contribution in [2.45, 2.75) is 45.7 Å². The minimum atomic E-state index is -0.0591. The number of thiophene rings is 1. The van der Waals surface area contributed by atoms with Crippen LogP contribution in [-0.4, -0.2) is 37.6 Å². The molecule has 1 atom stereocenters. The quantitative estimate of drug-likeness (QED) is 0.223. The minimum absolute atomic E-state index is 0. The van der Waals surface area contributed by atoms with E-state index in [1.807, 2.05) is 24.3 Å². The van der Waals surface area contributed by atoms with Crippen LogP contribution in [0, 0.1) is 5.92 Å². The molecule has 1 aromatic carbocycles. The number of nitrogens with zero attached hydrogens (tertiary/aromatic N) is 1. The lowest BCUT2D eigenvalue weighted by atomic mass is 10.1. The number of aliphatic imine (C=N–C) groups is 1. The number of halogens is 1. The minimum Gasteiger partial charge on any atom is -0.484 e. The number of ether oxygens (including phenoxy) is 1. The van der Waals surface area contributed by atoms with E-state index in [2.05, 4.69) is 47.3 Å². The molecule has 170 valence electrons. The second-order valence-corrected chi connectivity index (χ2v) is 8.77. The zero-order valence-corrected chi connectivity index (χ0v) is 21.4. The topological polar surface area (TPSA) is 74.8 Å². The molecule has 0 saturated heterocycles. The van der Waals surface area contributed by atoms with Gasteiger partial charge in [0.25, 0.3) is 5.91 Å². The number of carbonyl (C=O) groups excluding carboxylic acids is 1. The van der Waals surface area contributed by atoms with Crippen LogP contribution >= 0.6 is 35.3 Å². The highest BCUT2D eigenvalue weighted by atomic mass is 127. The summed E-state index contributed by atoms with van der Waals surface area (Å²) < 4.78 is 5.63. The zero-order valence-electron chi connectivity index (χ0n) is 18.2. The van der Waals surface area contributed by atoms with Gasteiger partial charge in [-0.05, 0) is 61.2 Å². The van der Waals surface area contributed by atoms with Gasteiger partial charge in [-0.3, -0.25) is 4.79 Å². The van der Waals surface area contributed by atoms with Crippen LogP contribution < -0.4 is 20.7 Å². The summed E-state index contributed by atoms with van der Waals surface area (Å²) >= 11 is 1.81. The van der Waals surface area contributed by atoms with Gasteiger partial charge in [0.1, 0.15) is 5.75 Å². The third-order valence-electron chi connectivity index (χ3n) is 4.72. The third-order valence-corrected chi connectivity index (χ3v) is 5.62. The summed E-state index contributed by atoms with van der Waals surface area (Å²) in [5, 5.41) is 11.8. The van der Waals surface area contributed by atoms with Gasteiger partial charge in [-0.1, -0.05) is 25.1 Å². The van der Waals surface area contributed by atoms with Crippen molar-refractivity contribution in [1.29, 1.82) is 0 Å². The molecule has 1 aliphatic rings. The van der Waals surface area contributed by atoms with Gasteiger partial charge in [0, 0.05) is 24.0 Å². The van der Waals surface area contributed by atoms with Gasteiger partial charge < -0.3 is 20.7 Å². The first-order valence-electron chi connectivity index (χ1n) is 10.7. The van der Waals surface area contributed by atoms with Crippen LogP contribution in [0.3, 0.4) is 0 Å². The summed E-state index contributed by atoms with van der Waals surface area (Å²) in [5.41, 5.74) is 1.04. The largest absolute Gasteiger partial charge is 0.484 e. The number of guanidine groups is 1. The number of rotatable bonds is 11. The van der Waals surface area contributed by atoms with Crippen molar-refractivity contribution in [3.63, 3.8) is 0 Å². The zero-order chi connectivity index (χ0) is 21.2. The van der Waals surface area contributed by atoms with Gasteiger partial charge >= 0.3 is 0 Å². The fraction of sp³-hybridized carbons (Fsp3) is 0.478. The van der Waals surface area contributed by atoms with E-state index in [0.29, 0.717) is 24.3 Å². The van der Waals surface area contributed by atoms with E-state index in [0.717, 1.165) is 43.9 Å². The van der Waals surface area contributed by atoms with E-state index < -0.39 is 0 Å². The average Bonchev–Trinajstić information content (AvgIpc) is 3.41. The van der Waals surface area contributed by atoms with E-state index in [9.17, 15) is 4.79 Å². The Morgan fingerprint density at radius 3 is 2.81 bits per heavy atom. The molecule has 0 spiro atoms. The van der Waals surface area contributed by atoms with Gasteiger partial charge in [-0.25, -0.2) is 4.99 Å². The first-order chi connectivity index (χ1) is 14.6. The van der Waals surface area contributed by atoms with Crippen molar-refractivity contribution in [2.24, 2.45) is 10.9 Å².